The molecule has 1 aliphatic rings. The van der Waals surface area contributed by atoms with E-state index in [0.717, 1.165) is 5.56 Å². The summed E-state index contributed by atoms with van der Waals surface area (Å²) in [6, 6.07) is 8.06. The molecule has 1 aromatic heterocycles. The molecule has 2 aromatic rings. The Morgan fingerprint density at radius 3 is 2.60 bits per heavy atom. The van der Waals surface area contributed by atoms with Crippen molar-refractivity contribution >= 4 is 11.7 Å². The number of carboxylic acid groups (broad SMARTS) is 1. The van der Waals surface area contributed by atoms with Crippen LogP contribution in [0.5, 0.6) is 5.75 Å². The van der Waals surface area contributed by atoms with Crippen molar-refractivity contribution in [3.8, 4) is 17.0 Å². The van der Waals surface area contributed by atoms with Crippen LogP contribution >= 0.6 is 0 Å². The average Bonchev–Trinajstić information content (AvgIpc) is 2.80. The Labute approximate surface area is 115 Å². The highest BCUT2D eigenvalue weighted by Gasteiger charge is 2.23. The third-order valence-corrected chi connectivity index (χ3v) is 3.32. The topological polar surface area (TPSA) is 82.8 Å². The lowest BCUT2D eigenvalue weighted by Crippen LogP contribution is -2.08. The number of nitrogens with zero attached hydrogens (tertiary/aromatic N) is 2. The molecule has 0 unspecified atom stereocenters. The molecule has 1 aliphatic heterocycles. The van der Waals surface area contributed by atoms with Crippen LogP contribution in [0.3, 0.4) is 0 Å². The summed E-state index contributed by atoms with van der Waals surface area (Å²) < 4.78 is 0. The van der Waals surface area contributed by atoms with Gasteiger partial charge in [0.25, 0.3) is 0 Å². The fraction of sp³-hybridized carbons (Fsp3) is 0.133. The first-order valence-corrected chi connectivity index (χ1v) is 6.14. The first-order valence-electron chi connectivity index (χ1n) is 6.14. The molecule has 5 heteroatoms. The Hall–Kier alpha value is -2.69. The van der Waals surface area contributed by atoms with Gasteiger partial charge in [0.1, 0.15) is 5.75 Å². The maximum absolute atomic E-state index is 11.4. The molecule has 2 N–H and O–H groups in total. The second kappa shape index (κ2) is 4.45. The molecule has 0 amide bonds. The highest BCUT2D eigenvalue weighted by atomic mass is 16.4. The number of carbonyl (C=O) groups is 1. The fourth-order valence-electron chi connectivity index (χ4n) is 2.34. The van der Waals surface area contributed by atoms with Crippen LogP contribution < -0.4 is 0 Å². The molecule has 0 bridgehead atoms. The molecule has 100 valence electrons. The van der Waals surface area contributed by atoms with Crippen molar-refractivity contribution in [2.24, 2.45) is 4.99 Å². The minimum atomic E-state index is -0.986. The molecular weight excluding hydrogens is 256 g/mol. The van der Waals surface area contributed by atoms with Gasteiger partial charge < -0.3 is 10.2 Å². The summed E-state index contributed by atoms with van der Waals surface area (Å²) in [6.45, 7) is 2.20. The molecule has 5 nitrogen and oxygen atoms in total. The van der Waals surface area contributed by atoms with Gasteiger partial charge in [-0.2, -0.15) is 0 Å². The number of hydrogen-bond acceptors (Lipinski definition) is 4. The van der Waals surface area contributed by atoms with Gasteiger partial charge in [-0.05, 0) is 37.3 Å². The lowest BCUT2D eigenvalue weighted by molar-refractivity contribution is 0.0696. The second-order valence-corrected chi connectivity index (χ2v) is 4.63. The molecule has 2 heterocycles. The van der Waals surface area contributed by atoms with Crippen molar-refractivity contribution in [3.05, 3.63) is 47.2 Å². The Balaban J connectivity index is 2.18. The SMILES string of the molecule is CC1=NCc2nc(-c3ccc(O)cc3)cc(C(=O)O)c21. The molecule has 20 heavy (non-hydrogen) atoms. The smallest absolute Gasteiger partial charge is 0.336 e. The number of rotatable bonds is 2. The van der Waals surface area contributed by atoms with E-state index in [1.54, 1.807) is 37.3 Å². The van der Waals surface area contributed by atoms with Crippen LogP contribution in [0.25, 0.3) is 11.3 Å². The summed E-state index contributed by atoms with van der Waals surface area (Å²) in [5, 5.41) is 18.7. The zero-order valence-electron chi connectivity index (χ0n) is 10.8. The quantitative estimate of drug-likeness (QED) is 0.876. The Morgan fingerprint density at radius 1 is 1.25 bits per heavy atom. The van der Waals surface area contributed by atoms with Crippen molar-refractivity contribution in [1.82, 2.24) is 4.98 Å². The number of fused-ring (bicyclic) bond motifs is 1. The van der Waals surface area contributed by atoms with Crippen LogP contribution in [0.4, 0.5) is 0 Å². The van der Waals surface area contributed by atoms with E-state index in [0.29, 0.717) is 29.2 Å². The van der Waals surface area contributed by atoms with Gasteiger partial charge in [-0.3, -0.25) is 9.98 Å². The van der Waals surface area contributed by atoms with E-state index < -0.39 is 5.97 Å². The fourth-order valence-corrected chi connectivity index (χ4v) is 2.34. The van der Waals surface area contributed by atoms with Crippen molar-refractivity contribution in [2.45, 2.75) is 13.5 Å². The number of carboxylic acids is 1. The number of aliphatic imine (C=N–C) groups is 1. The van der Waals surface area contributed by atoms with Gasteiger partial charge in [0.05, 0.1) is 23.5 Å². The number of benzene rings is 1. The molecule has 0 aliphatic carbocycles. The molecule has 0 fully saturated rings. The molecule has 0 saturated carbocycles. The molecule has 3 rings (SSSR count). The zero-order valence-corrected chi connectivity index (χ0v) is 10.8. The van der Waals surface area contributed by atoms with E-state index in [1.807, 2.05) is 0 Å². The standard InChI is InChI=1S/C15H12N2O3/c1-8-14-11(15(19)20)6-12(17-13(14)7-16-8)9-2-4-10(18)5-3-9/h2-6,18H,7H2,1H3,(H,19,20). The maximum Gasteiger partial charge on any atom is 0.336 e. The minimum absolute atomic E-state index is 0.160. The number of hydrogen-bond donors (Lipinski definition) is 2. The summed E-state index contributed by atoms with van der Waals surface area (Å²) in [4.78, 5) is 20.2. The molecule has 0 spiro atoms. The van der Waals surface area contributed by atoms with E-state index in [2.05, 4.69) is 9.98 Å². The van der Waals surface area contributed by atoms with Crippen molar-refractivity contribution in [3.63, 3.8) is 0 Å². The highest BCUT2D eigenvalue weighted by Crippen LogP contribution is 2.27. The predicted octanol–water partition coefficient (Wildman–Crippen LogP) is 2.48. The Bertz CT molecular complexity index is 734. The van der Waals surface area contributed by atoms with Crippen LogP contribution in [-0.2, 0) is 6.54 Å². The summed E-state index contributed by atoms with van der Waals surface area (Å²) >= 11 is 0. The summed E-state index contributed by atoms with van der Waals surface area (Å²) in [7, 11) is 0. The average molecular weight is 268 g/mol. The zero-order chi connectivity index (χ0) is 14.3. The van der Waals surface area contributed by atoms with E-state index in [1.165, 1.54) is 0 Å². The van der Waals surface area contributed by atoms with Gasteiger partial charge in [0.15, 0.2) is 0 Å². The van der Waals surface area contributed by atoms with Crippen LogP contribution in [-0.4, -0.2) is 26.9 Å². The molecular formula is C15H12N2O3. The number of phenolic OH excluding ortho intramolecular Hbond substituents is 1. The maximum atomic E-state index is 11.4. The largest absolute Gasteiger partial charge is 0.508 e. The Kier molecular flexibility index (Phi) is 2.75. The van der Waals surface area contributed by atoms with Gasteiger partial charge in [0.2, 0.25) is 0 Å². The number of pyridine rings is 1. The van der Waals surface area contributed by atoms with Gasteiger partial charge in [0, 0.05) is 16.8 Å². The van der Waals surface area contributed by atoms with E-state index in [4.69, 9.17) is 0 Å². The number of aromatic nitrogens is 1. The second-order valence-electron chi connectivity index (χ2n) is 4.63. The first-order chi connectivity index (χ1) is 9.56. The number of aromatic hydroxyl groups is 1. The molecule has 0 atom stereocenters. The number of aromatic carboxylic acids is 1. The third kappa shape index (κ3) is 1.93. The van der Waals surface area contributed by atoms with Crippen LogP contribution in [0.15, 0.2) is 35.3 Å². The summed E-state index contributed by atoms with van der Waals surface area (Å²) in [5.74, 6) is -0.826. The van der Waals surface area contributed by atoms with E-state index in [9.17, 15) is 15.0 Å². The lowest BCUT2D eigenvalue weighted by atomic mass is 10.0. The summed E-state index contributed by atoms with van der Waals surface area (Å²) in [6.07, 6.45) is 0. The van der Waals surface area contributed by atoms with Crippen LogP contribution in [0, 0.1) is 0 Å². The first kappa shape index (κ1) is 12.3. The predicted molar refractivity (Wildman–Crippen MR) is 74.2 cm³/mol. The van der Waals surface area contributed by atoms with E-state index in [-0.39, 0.29) is 11.3 Å². The van der Waals surface area contributed by atoms with Gasteiger partial charge >= 0.3 is 5.97 Å². The summed E-state index contributed by atoms with van der Waals surface area (Å²) in [5.41, 5.74) is 3.58. The lowest BCUT2D eigenvalue weighted by Gasteiger charge is -2.08. The normalized spacial score (nSPS) is 12.9. The minimum Gasteiger partial charge on any atom is -0.508 e. The van der Waals surface area contributed by atoms with Crippen molar-refractivity contribution in [1.29, 1.82) is 0 Å². The Morgan fingerprint density at radius 2 is 1.95 bits per heavy atom. The van der Waals surface area contributed by atoms with Crippen LogP contribution in [0.2, 0.25) is 0 Å². The molecule has 0 radical (unpaired) electrons. The van der Waals surface area contributed by atoms with Gasteiger partial charge in [-0.25, -0.2) is 4.79 Å². The van der Waals surface area contributed by atoms with Gasteiger partial charge in [-0.15, -0.1) is 0 Å². The highest BCUT2D eigenvalue weighted by molar-refractivity contribution is 6.10. The van der Waals surface area contributed by atoms with Crippen molar-refractivity contribution < 1.29 is 15.0 Å². The monoisotopic (exact) mass is 268 g/mol. The van der Waals surface area contributed by atoms with Crippen molar-refractivity contribution in [2.75, 3.05) is 0 Å². The van der Waals surface area contributed by atoms with E-state index >= 15 is 0 Å². The molecule has 0 saturated heterocycles. The van der Waals surface area contributed by atoms with Crippen LogP contribution in [0.1, 0.15) is 28.5 Å². The number of phenols is 1. The third-order valence-electron chi connectivity index (χ3n) is 3.32. The van der Waals surface area contributed by atoms with Gasteiger partial charge in [-0.1, -0.05) is 0 Å². The molecule has 1 aromatic carbocycles.